The van der Waals surface area contributed by atoms with E-state index in [0.717, 1.165) is 24.6 Å². The first kappa shape index (κ1) is 15.2. The average Bonchev–Trinajstić information content (AvgIpc) is 2.84. The average molecular weight is 318 g/mol. The summed E-state index contributed by atoms with van der Waals surface area (Å²) in [6.45, 7) is 0. The van der Waals surface area contributed by atoms with Crippen LogP contribution in [0.3, 0.4) is 0 Å². The first-order chi connectivity index (χ1) is 9.81. The number of carboxylic acids is 1. The van der Waals surface area contributed by atoms with Gasteiger partial charge in [0, 0.05) is 17.1 Å². The number of methoxy groups -OCH3 is 1. The number of aromatic nitrogens is 2. The van der Waals surface area contributed by atoms with Gasteiger partial charge in [-0.25, -0.2) is 9.97 Å². The van der Waals surface area contributed by atoms with Crippen molar-refractivity contribution in [3.63, 3.8) is 0 Å². The van der Waals surface area contributed by atoms with Gasteiger partial charge in [0.1, 0.15) is 10.8 Å². The van der Waals surface area contributed by atoms with Gasteiger partial charge in [-0.1, -0.05) is 0 Å². The SMILES string of the molecule is COc1cc(-c2nc(CC(=O)O)cs2)cnc1C(F)(F)F. The molecule has 0 fully saturated rings. The van der Waals surface area contributed by atoms with Gasteiger partial charge in [-0.15, -0.1) is 11.3 Å². The molecule has 0 atom stereocenters. The number of thiazole rings is 1. The highest BCUT2D eigenvalue weighted by molar-refractivity contribution is 7.13. The maximum Gasteiger partial charge on any atom is 0.437 e. The van der Waals surface area contributed by atoms with Crippen molar-refractivity contribution in [3.05, 3.63) is 29.0 Å². The molecule has 0 bridgehead atoms. The van der Waals surface area contributed by atoms with Crippen LogP contribution in [0.25, 0.3) is 10.6 Å². The zero-order valence-electron chi connectivity index (χ0n) is 10.6. The number of hydrogen-bond donors (Lipinski definition) is 1. The van der Waals surface area contributed by atoms with Gasteiger partial charge in [-0.05, 0) is 6.07 Å². The first-order valence-electron chi connectivity index (χ1n) is 5.59. The molecule has 2 rings (SSSR count). The van der Waals surface area contributed by atoms with Crippen LogP contribution in [0.1, 0.15) is 11.4 Å². The van der Waals surface area contributed by atoms with Crippen molar-refractivity contribution in [3.8, 4) is 16.3 Å². The molecule has 0 spiro atoms. The van der Waals surface area contributed by atoms with Gasteiger partial charge in [0.05, 0.1) is 19.2 Å². The van der Waals surface area contributed by atoms with Gasteiger partial charge >= 0.3 is 12.1 Å². The fourth-order valence-corrected chi connectivity index (χ4v) is 2.41. The van der Waals surface area contributed by atoms with Crippen molar-refractivity contribution < 1.29 is 27.8 Å². The lowest BCUT2D eigenvalue weighted by atomic mass is 10.2. The second-order valence-electron chi connectivity index (χ2n) is 3.99. The topological polar surface area (TPSA) is 72.3 Å². The monoisotopic (exact) mass is 318 g/mol. The van der Waals surface area contributed by atoms with Crippen molar-refractivity contribution >= 4 is 17.3 Å². The zero-order valence-corrected chi connectivity index (χ0v) is 11.5. The molecule has 2 aromatic heterocycles. The van der Waals surface area contributed by atoms with Crippen molar-refractivity contribution in [2.75, 3.05) is 7.11 Å². The third kappa shape index (κ3) is 3.48. The summed E-state index contributed by atoms with van der Waals surface area (Å²) in [5.74, 6) is -1.44. The van der Waals surface area contributed by atoms with E-state index in [2.05, 4.69) is 9.97 Å². The number of rotatable bonds is 4. The zero-order chi connectivity index (χ0) is 15.6. The third-order valence-corrected chi connectivity index (χ3v) is 3.41. The summed E-state index contributed by atoms with van der Waals surface area (Å²) >= 11 is 1.13. The normalized spacial score (nSPS) is 11.4. The maximum absolute atomic E-state index is 12.7. The molecule has 0 amide bonds. The highest BCUT2D eigenvalue weighted by Gasteiger charge is 2.36. The predicted molar refractivity (Wildman–Crippen MR) is 68.2 cm³/mol. The van der Waals surface area contributed by atoms with E-state index in [4.69, 9.17) is 9.84 Å². The fourth-order valence-electron chi connectivity index (χ4n) is 1.61. The fraction of sp³-hybridized carbons (Fsp3) is 0.250. The number of carboxylic acid groups (broad SMARTS) is 1. The number of halogens is 3. The van der Waals surface area contributed by atoms with Crippen LogP contribution < -0.4 is 4.74 Å². The number of alkyl halides is 3. The predicted octanol–water partition coefficient (Wildman–Crippen LogP) is 2.86. The molecule has 9 heteroatoms. The second-order valence-corrected chi connectivity index (χ2v) is 4.85. The number of nitrogens with zero attached hydrogens (tertiary/aromatic N) is 2. The Hall–Kier alpha value is -2.16. The van der Waals surface area contributed by atoms with Gasteiger partial charge in [0.15, 0.2) is 5.69 Å². The minimum Gasteiger partial charge on any atom is -0.494 e. The summed E-state index contributed by atoms with van der Waals surface area (Å²) in [7, 11) is 1.12. The lowest BCUT2D eigenvalue weighted by Gasteiger charge is -2.11. The number of ether oxygens (including phenoxy) is 1. The Balaban J connectivity index is 2.37. The Bertz CT molecular complexity index is 670. The second kappa shape index (κ2) is 5.68. The third-order valence-electron chi connectivity index (χ3n) is 2.47. The van der Waals surface area contributed by atoms with Crippen LogP contribution in [0.2, 0.25) is 0 Å². The van der Waals surface area contributed by atoms with Gasteiger partial charge in [-0.2, -0.15) is 13.2 Å². The molecular weight excluding hydrogens is 309 g/mol. The van der Waals surface area contributed by atoms with E-state index in [1.165, 1.54) is 11.4 Å². The Morgan fingerprint density at radius 3 is 2.76 bits per heavy atom. The van der Waals surface area contributed by atoms with E-state index in [0.29, 0.717) is 16.3 Å². The Kier molecular flexibility index (Phi) is 4.12. The largest absolute Gasteiger partial charge is 0.494 e. The van der Waals surface area contributed by atoms with E-state index in [1.54, 1.807) is 0 Å². The van der Waals surface area contributed by atoms with E-state index in [9.17, 15) is 18.0 Å². The van der Waals surface area contributed by atoms with Crippen LogP contribution in [0.5, 0.6) is 5.75 Å². The van der Waals surface area contributed by atoms with Crippen LogP contribution in [0, 0.1) is 0 Å². The molecule has 0 saturated heterocycles. The van der Waals surface area contributed by atoms with E-state index in [1.807, 2.05) is 0 Å². The van der Waals surface area contributed by atoms with Crippen LogP contribution in [0.4, 0.5) is 13.2 Å². The lowest BCUT2D eigenvalue weighted by Crippen LogP contribution is -2.10. The highest BCUT2D eigenvalue weighted by atomic mass is 32.1. The summed E-state index contributed by atoms with van der Waals surface area (Å²) in [5.41, 5.74) is -0.445. The van der Waals surface area contributed by atoms with Gasteiger partial charge < -0.3 is 9.84 Å². The maximum atomic E-state index is 12.7. The molecule has 0 saturated carbocycles. The Labute approximate surface area is 121 Å². The minimum absolute atomic E-state index is 0.248. The molecule has 2 heterocycles. The summed E-state index contributed by atoms with van der Waals surface area (Å²) in [6.07, 6.45) is -3.82. The quantitative estimate of drug-likeness (QED) is 0.938. The van der Waals surface area contributed by atoms with Crippen molar-refractivity contribution in [1.82, 2.24) is 9.97 Å². The molecule has 0 aliphatic carbocycles. The lowest BCUT2D eigenvalue weighted by molar-refractivity contribution is -0.142. The van der Waals surface area contributed by atoms with Crippen LogP contribution in [-0.4, -0.2) is 28.2 Å². The van der Waals surface area contributed by atoms with Crippen LogP contribution >= 0.6 is 11.3 Å². The van der Waals surface area contributed by atoms with E-state index < -0.39 is 23.6 Å². The first-order valence-corrected chi connectivity index (χ1v) is 6.47. The van der Waals surface area contributed by atoms with Gasteiger partial charge in [-0.3, -0.25) is 4.79 Å². The highest BCUT2D eigenvalue weighted by Crippen LogP contribution is 2.36. The number of pyridine rings is 1. The number of hydrogen-bond acceptors (Lipinski definition) is 5. The molecule has 0 aliphatic rings. The number of carbonyl (C=O) groups is 1. The summed E-state index contributed by atoms with van der Waals surface area (Å²) in [4.78, 5) is 18.0. The van der Waals surface area contributed by atoms with Crippen LogP contribution in [0.15, 0.2) is 17.6 Å². The molecule has 5 nitrogen and oxygen atoms in total. The molecule has 112 valence electrons. The van der Waals surface area contributed by atoms with Crippen molar-refractivity contribution in [2.24, 2.45) is 0 Å². The standard InChI is InChI=1S/C12H9F3N2O3S/c1-20-8-2-6(4-16-10(8)12(13,14)15)11-17-7(5-21-11)3-9(18)19/h2,4-5H,3H2,1H3,(H,18,19). The summed E-state index contributed by atoms with van der Waals surface area (Å²) in [5, 5.41) is 10.6. The van der Waals surface area contributed by atoms with Gasteiger partial charge in [0.25, 0.3) is 0 Å². The molecule has 0 aromatic carbocycles. The van der Waals surface area contributed by atoms with Crippen molar-refractivity contribution in [1.29, 1.82) is 0 Å². The molecule has 0 radical (unpaired) electrons. The molecule has 0 aliphatic heterocycles. The Morgan fingerprint density at radius 1 is 1.48 bits per heavy atom. The smallest absolute Gasteiger partial charge is 0.437 e. The van der Waals surface area contributed by atoms with Crippen LogP contribution in [-0.2, 0) is 17.4 Å². The summed E-state index contributed by atoms with van der Waals surface area (Å²) < 4.78 is 42.8. The molecule has 1 N–H and O–H groups in total. The molecule has 2 aromatic rings. The van der Waals surface area contributed by atoms with E-state index >= 15 is 0 Å². The number of aliphatic carboxylic acids is 1. The molecule has 21 heavy (non-hydrogen) atoms. The van der Waals surface area contributed by atoms with E-state index in [-0.39, 0.29) is 6.42 Å². The Morgan fingerprint density at radius 2 is 2.19 bits per heavy atom. The molecule has 0 unspecified atom stereocenters. The van der Waals surface area contributed by atoms with Gasteiger partial charge in [0.2, 0.25) is 0 Å². The minimum atomic E-state index is -4.61. The van der Waals surface area contributed by atoms with Crippen molar-refractivity contribution in [2.45, 2.75) is 12.6 Å². The summed E-state index contributed by atoms with van der Waals surface area (Å²) in [6, 6.07) is 1.18. The molecular formula is C12H9F3N2O3S.